The summed E-state index contributed by atoms with van der Waals surface area (Å²) in [4.78, 5) is 37.8. The maximum atomic E-state index is 12.8. The largest absolute Gasteiger partial charge is 0.489 e. The van der Waals surface area contributed by atoms with Gasteiger partial charge in [-0.3, -0.25) is 15.6 Å². The van der Waals surface area contributed by atoms with Crippen LogP contribution >= 0.6 is 0 Å². The van der Waals surface area contributed by atoms with Crippen molar-refractivity contribution in [2.45, 2.75) is 38.7 Å². The summed E-state index contributed by atoms with van der Waals surface area (Å²) in [5.41, 5.74) is 8.76. The Kier molecular flexibility index (Phi) is 11.4. The minimum absolute atomic E-state index is 0.00777. The van der Waals surface area contributed by atoms with Crippen LogP contribution in [0.2, 0.25) is 0 Å². The Morgan fingerprint density at radius 2 is 1.14 bits per heavy atom. The third-order valence-corrected chi connectivity index (χ3v) is 6.12. The number of benzene rings is 4. The number of hydrazine groups is 1. The third-order valence-electron chi connectivity index (χ3n) is 6.12. The Bertz CT molecular complexity index is 1400. The zero-order valence-electron chi connectivity index (χ0n) is 23.0. The van der Waals surface area contributed by atoms with Crippen LogP contribution in [0.5, 0.6) is 5.75 Å². The van der Waals surface area contributed by atoms with Crippen LogP contribution in [0.1, 0.15) is 29.5 Å². The van der Waals surface area contributed by atoms with Crippen molar-refractivity contribution in [2.75, 3.05) is 5.43 Å². The van der Waals surface area contributed by atoms with Crippen LogP contribution in [0.15, 0.2) is 115 Å². The van der Waals surface area contributed by atoms with Gasteiger partial charge in [0.1, 0.15) is 31.6 Å². The van der Waals surface area contributed by atoms with E-state index in [-0.39, 0.29) is 32.0 Å². The zero-order valence-corrected chi connectivity index (χ0v) is 23.0. The van der Waals surface area contributed by atoms with Gasteiger partial charge in [0, 0.05) is 6.42 Å². The Morgan fingerprint density at radius 1 is 0.619 bits per heavy atom. The highest BCUT2D eigenvalue weighted by molar-refractivity contribution is 5.83. The summed E-state index contributed by atoms with van der Waals surface area (Å²) in [7, 11) is 0. The van der Waals surface area contributed by atoms with Crippen molar-refractivity contribution in [2.24, 2.45) is 0 Å². The first kappa shape index (κ1) is 29.7. The van der Waals surface area contributed by atoms with E-state index >= 15 is 0 Å². The second-order valence-electron chi connectivity index (χ2n) is 9.36. The zero-order chi connectivity index (χ0) is 29.4. The molecule has 0 saturated heterocycles. The first-order chi connectivity index (χ1) is 20.5. The number of ether oxygens (including phenoxy) is 3. The van der Waals surface area contributed by atoms with Crippen LogP contribution in [0.25, 0.3) is 0 Å². The van der Waals surface area contributed by atoms with E-state index in [0.717, 1.165) is 16.7 Å². The summed E-state index contributed by atoms with van der Waals surface area (Å²) < 4.78 is 16.4. The van der Waals surface area contributed by atoms with Crippen molar-refractivity contribution in [3.8, 4) is 5.75 Å². The number of alkyl carbamates (subject to hydrolysis) is 1. The molecule has 0 bridgehead atoms. The summed E-state index contributed by atoms with van der Waals surface area (Å²) in [5.74, 6) is -0.347. The van der Waals surface area contributed by atoms with E-state index < -0.39 is 18.1 Å². The van der Waals surface area contributed by atoms with E-state index in [2.05, 4.69) is 16.2 Å². The molecule has 42 heavy (non-hydrogen) atoms. The number of esters is 1. The highest BCUT2D eigenvalue weighted by Gasteiger charge is 2.24. The molecule has 0 aromatic heterocycles. The Morgan fingerprint density at radius 3 is 1.71 bits per heavy atom. The smallest absolute Gasteiger partial charge is 0.408 e. The number of carbonyl (C=O) groups is 3. The lowest BCUT2D eigenvalue weighted by molar-refractivity contribution is -0.147. The predicted molar refractivity (Wildman–Crippen MR) is 158 cm³/mol. The predicted octanol–water partition coefficient (Wildman–Crippen LogP) is 5.53. The van der Waals surface area contributed by atoms with Crippen molar-refractivity contribution in [3.05, 3.63) is 132 Å². The third kappa shape index (κ3) is 10.3. The summed E-state index contributed by atoms with van der Waals surface area (Å²) in [6.45, 7) is 0.530. The van der Waals surface area contributed by atoms with Crippen LogP contribution in [0.3, 0.4) is 0 Å². The lowest BCUT2D eigenvalue weighted by Gasteiger charge is -2.18. The molecule has 0 unspecified atom stereocenters. The average molecular weight is 568 g/mol. The van der Waals surface area contributed by atoms with Crippen LogP contribution in [0, 0.1) is 0 Å². The fraction of sp³-hybridized carbons (Fsp3) is 0.182. The molecule has 0 radical (unpaired) electrons. The molecule has 0 aliphatic heterocycles. The molecule has 0 aliphatic rings. The number of carbonyl (C=O) groups excluding carboxylic acids is 3. The molecule has 4 aromatic rings. The van der Waals surface area contributed by atoms with Crippen molar-refractivity contribution < 1.29 is 28.6 Å². The van der Waals surface area contributed by atoms with Crippen LogP contribution in [-0.4, -0.2) is 24.0 Å². The first-order valence-electron chi connectivity index (χ1n) is 13.5. The van der Waals surface area contributed by atoms with Gasteiger partial charge in [0.2, 0.25) is 5.91 Å². The van der Waals surface area contributed by atoms with Crippen LogP contribution in [0.4, 0.5) is 10.5 Å². The molecule has 9 nitrogen and oxygen atoms in total. The number of amides is 2. The number of anilines is 1. The topological polar surface area (TPSA) is 115 Å². The van der Waals surface area contributed by atoms with Crippen molar-refractivity contribution in [3.63, 3.8) is 0 Å². The molecule has 0 aliphatic carbocycles. The normalized spacial score (nSPS) is 11.0. The number of hydrogen-bond donors (Lipinski definition) is 3. The molecular weight excluding hydrogens is 534 g/mol. The minimum Gasteiger partial charge on any atom is -0.489 e. The summed E-state index contributed by atoms with van der Waals surface area (Å²) in [6.07, 6.45) is -0.836. The van der Waals surface area contributed by atoms with E-state index in [9.17, 15) is 14.4 Å². The summed E-state index contributed by atoms with van der Waals surface area (Å²) in [5, 5.41) is 2.53. The van der Waals surface area contributed by atoms with Gasteiger partial charge in [0.15, 0.2) is 0 Å². The quantitative estimate of drug-likeness (QED) is 0.136. The molecule has 0 heterocycles. The van der Waals surface area contributed by atoms with E-state index in [4.69, 9.17) is 14.2 Å². The van der Waals surface area contributed by atoms with Crippen molar-refractivity contribution >= 4 is 23.7 Å². The molecule has 2 amide bonds. The lowest BCUT2D eigenvalue weighted by atomic mass is 10.1. The fourth-order valence-electron chi connectivity index (χ4n) is 3.84. The number of nitrogens with one attached hydrogen (secondary N) is 3. The van der Waals surface area contributed by atoms with Gasteiger partial charge in [0.05, 0.1) is 5.69 Å². The average Bonchev–Trinajstić information content (AvgIpc) is 3.04. The van der Waals surface area contributed by atoms with Gasteiger partial charge in [-0.25, -0.2) is 9.59 Å². The van der Waals surface area contributed by atoms with Crippen LogP contribution in [-0.2, 0) is 38.9 Å². The van der Waals surface area contributed by atoms with E-state index in [1.165, 1.54) is 0 Å². The number of rotatable bonds is 14. The second kappa shape index (κ2) is 16.1. The van der Waals surface area contributed by atoms with E-state index in [1.54, 1.807) is 24.3 Å². The van der Waals surface area contributed by atoms with Gasteiger partial charge < -0.3 is 19.5 Å². The standard InChI is InChI=1S/C33H33N3O6/c37-31(36-35-28-16-18-29(19-17-28)40-22-25-10-4-1-5-11-25)21-20-30(32(38)41-23-26-12-6-2-7-13-26)34-33(39)42-24-27-14-8-3-9-15-27/h1-19,30,35H,20-24H2,(H,34,39)(H,36,37)/t30-/m0/s1. The van der Waals surface area contributed by atoms with Crippen LogP contribution < -0.4 is 20.9 Å². The van der Waals surface area contributed by atoms with Gasteiger partial charge in [-0.05, 0) is 47.4 Å². The molecule has 4 aromatic carbocycles. The molecule has 3 N–H and O–H groups in total. The molecule has 0 fully saturated rings. The molecule has 216 valence electrons. The Hall–Kier alpha value is -5.31. The molecule has 0 saturated carbocycles. The maximum absolute atomic E-state index is 12.8. The van der Waals surface area contributed by atoms with Crippen molar-refractivity contribution in [1.82, 2.24) is 10.7 Å². The minimum atomic E-state index is -1.08. The Balaban J connectivity index is 1.24. The molecule has 1 atom stereocenters. The summed E-state index contributed by atoms with van der Waals surface area (Å²) >= 11 is 0. The van der Waals surface area contributed by atoms with E-state index in [1.807, 2.05) is 91.0 Å². The highest BCUT2D eigenvalue weighted by Crippen LogP contribution is 2.17. The first-order valence-corrected chi connectivity index (χ1v) is 13.5. The number of hydrogen-bond acceptors (Lipinski definition) is 7. The molecular formula is C33H33N3O6. The van der Waals surface area contributed by atoms with Gasteiger partial charge in [-0.15, -0.1) is 0 Å². The molecule has 9 heteroatoms. The molecule has 4 rings (SSSR count). The van der Waals surface area contributed by atoms with Gasteiger partial charge in [-0.2, -0.15) is 0 Å². The second-order valence-corrected chi connectivity index (χ2v) is 9.36. The van der Waals surface area contributed by atoms with Crippen molar-refractivity contribution in [1.29, 1.82) is 0 Å². The highest BCUT2D eigenvalue weighted by atomic mass is 16.6. The lowest BCUT2D eigenvalue weighted by Crippen LogP contribution is -2.43. The SMILES string of the molecule is O=C(CC[C@H](NC(=O)OCc1ccccc1)C(=O)OCc1ccccc1)NNc1ccc(OCc2ccccc2)cc1. The summed E-state index contributed by atoms with van der Waals surface area (Å²) in [6, 6.07) is 34.2. The van der Waals surface area contributed by atoms with E-state index in [0.29, 0.717) is 18.0 Å². The van der Waals surface area contributed by atoms with Gasteiger partial charge in [-0.1, -0.05) is 91.0 Å². The van der Waals surface area contributed by atoms with Gasteiger partial charge >= 0.3 is 12.1 Å². The molecule has 0 spiro atoms. The Labute approximate surface area is 244 Å². The monoisotopic (exact) mass is 567 g/mol. The van der Waals surface area contributed by atoms with Gasteiger partial charge in [0.25, 0.3) is 0 Å². The maximum Gasteiger partial charge on any atom is 0.408 e. The fourth-order valence-corrected chi connectivity index (χ4v) is 3.84.